The van der Waals surface area contributed by atoms with Crippen LogP contribution >= 0.6 is 12.4 Å². The van der Waals surface area contributed by atoms with Crippen LogP contribution in [0.1, 0.15) is 11.6 Å². The third-order valence-corrected chi connectivity index (χ3v) is 5.87. The molecule has 4 aromatic rings. The minimum atomic E-state index is -0.0679. The summed E-state index contributed by atoms with van der Waals surface area (Å²) in [4.78, 5) is 23.1. The van der Waals surface area contributed by atoms with E-state index in [4.69, 9.17) is 10.7 Å². The number of hydrogen-bond acceptors (Lipinski definition) is 8. The van der Waals surface area contributed by atoms with Gasteiger partial charge < -0.3 is 20.9 Å². The Morgan fingerprint density at radius 3 is 2.55 bits per heavy atom. The number of likely N-dealkylation sites (N-methyl/N-ethyl adjacent to an activating group) is 1. The molecule has 0 spiro atoms. The van der Waals surface area contributed by atoms with Gasteiger partial charge in [0.2, 0.25) is 5.95 Å². The summed E-state index contributed by atoms with van der Waals surface area (Å²) in [7, 11) is 2.15. The van der Waals surface area contributed by atoms with E-state index in [0.29, 0.717) is 12.5 Å². The van der Waals surface area contributed by atoms with Gasteiger partial charge in [0, 0.05) is 51.3 Å². The van der Waals surface area contributed by atoms with Crippen LogP contribution in [0, 0.1) is 0 Å². The van der Waals surface area contributed by atoms with Crippen LogP contribution in [0.2, 0.25) is 0 Å². The molecule has 0 aliphatic carbocycles. The first-order valence-electron chi connectivity index (χ1n) is 10.8. The molecule has 9 nitrogen and oxygen atoms in total. The minimum absolute atomic E-state index is 0. The normalized spacial score (nSPS) is 15.3. The van der Waals surface area contributed by atoms with E-state index in [2.05, 4.69) is 37.1 Å². The molecule has 1 unspecified atom stereocenters. The third kappa shape index (κ3) is 4.75. The molecule has 1 aromatic carbocycles. The van der Waals surface area contributed by atoms with Gasteiger partial charge in [0.1, 0.15) is 0 Å². The van der Waals surface area contributed by atoms with Crippen molar-refractivity contribution in [2.75, 3.05) is 50.0 Å². The van der Waals surface area contributed by atoms with E-state index < -0.39 is 0 Å². The molecule has 33 heavy (non-hydrogen) atoms. The molecule has 4 heterocycles. The molecule has 0 bridgehead atoms. The monoisotopic (exact) mass is 465 g/mol. The van der Waals surface area contributed by atoms with Gasteiger partial charge in [-0.15, -0.1) is 12.4 Å². The first kappa shape index (κ1) is 22.9. The van der Waals surface area contributed by atoms with Crippen molar-refractivity contribution in [3.8, 4) is 11.4 Å². The number of hydrogen-bond donors (Lipinski definition) is 2. The largest absolute Gasteiger partial charge is 0.351 e. The van der Waals surface area contributed by atoms with Gasteiger partial charge in [-0.3, -0.25) is 4.40 Å². The number of nitrogens with two attached hydrogens (primary N) is 1. The highest BCUT2D eigenvalue weighted by Gasteiger charge is 2.20. The van der Waals surface area contributed by atoms with Crippen LogP contribution in [0.5, 0.6) is 0 Å². The Bertz CT molecular complexity index is 1190. The number of piperazine rings is 1. The van der Waals surface area contributed by atoms with Gasteiger partial charge in [0.25, 0.3) is 0 Å². The van der Waals surface area contributed by atoms with Gasteiger partial charge in [-0.25, -0.2) is 19.9 Å². The zero-order valence-corrected chi connectivity index (χ0v) is 19.3. The van der Waals surface area contributed by atoms with E-state index in [1.807, 2.05) is 59.4 Å². The second-order valence-corrected chi connectivity index (χ2v) is 7.99. The number of fused-ring (bicyclic) bond motifs is 1. The highest BCUT2D eigenvalue weighted by atomic mass is 35.5. The molecule has 1 aliphatic heterocycles. The van der Waals surface area contributed by atoms with Crippen LogP contribution in [0.3, 0.4) is 0 Å². The Kier molecular flexibility index (Phi) is 7.02. The van der Waals surface area contributed by atoms with E-state index in [9.17, 15) is 0 Å². The van der Waals surface area contributed by atoms with Crippen LogP contribution in [0.4, 0.5) is 11.8 Å². The van der Waals surface area contributed by atoms with Crippen LogP contribution in [-0.4, -0.2) is 69.0 Å². The number of benzene rings is 1. The first-order chi connectivity index (χ1) is 15.7. The van der Waals surface area contributed by atoms with Crippen molar-refractivity contribution >= 4 is 29.8 Å². The molecular formula is C23H28ClN9. The van der Waals surface area contributed by atoms with Gasteiger partial charge in [-0.1, -0.05) is 30.3 Å². The summed E-state index contributed by atoms with van der Waals surface area (Å²) in [5, 5.41) is 3.36. The molecule has 10 heteroatoms. The SMILES string of the molecule is CN1CCN(c2nccn3c(-c4ccnc(NC(CN)c5ccccc5)n4)cnc23)CC1.Cl. The lowest BCUT2D eigenvalue weighted by Crippen LogP contribution is -2.45. The summed E-state index contributed by atoms with van der Waals surface area (Å²) >= 11 is 0. The fourth-order valence-corrected chi connectivity index (χ4v) is 4.03. The van der Waals surface area contributed by atoms with Crippen LogP contribution in [-0.2, 0) is 0 Å². The highest BCUT2D eigenvalue weighted by Crippen LogP contribution is 2.25. The maximum absolute atomic E-state index is 6.01. The van der Waals surface area contributed by atoms with Crippen LogP contribution in [0.15, 0.2) is 61.2 Å². The lowest BCUT2D eigenvalue weighted by molar-refractivity contribution is 0.312. The summed E-state index contributed by atoms with van der Waals surface area (Å²) in [5.41, 5.74) is 9.63. The Hall–Kier alpha value is -3.27. The van der Waals surface area contributed by atoms with Crippen molar-refractivity contribution in [3.63, 3.8) is 0 Å². The Balaban J connectivity index is 0.00000259. The summed E-state index contributed by atoms with van der Waals surface area (Å²) in [6.07, 6.45) is 7.36. The summed E-state index contributed by atoms with van der Waals surface area (Å²) < 4.78 is 2.05. The Labute approximate surface area is 199 Å². The number of nitrogens with one attached hydrogen (secondary N) is 1. The quantitative estimate of drug-likeness (QED) is 0.448. The van der Waals surface area contributed by atoms with E-state index in [1.54, 1.807) is 6.20 Å². The molecule has 172 valence electrons. The maximum atomic E-state index is 6.01. The van der Waals surface area contributed by atoms with E-state index in [-0.39, 0.29) is 18.4 Å². The molecule has 1 aliphatic rings. The van der Waals surface area contributed by atoms with Crippen molar-refractivity contribution in [2.24, 2.45) is 5.73 Å². The van der Waals surface area contributed by atoms with Gasteiger partial charge in [-0.05, 0) is 18.7 Å². The topological polar surface area (TPSA) is 100 Å². The summed E-state index contributed by atoms with van der Waals surface area (Å²) in [6.45, 7) is 4.34. The van der Waals surface area contributed by atoms with Crippen LogP contribution < -0.4 is 16.0 Å². The molecule has 5 rings (SSSR count). The molecule has 0 radical (unpaired) electrons. The number of anilines is 2. The van der Waals surface area contributed by atoms with Gasteiger partial charge in [-0.2, -0.15) is 0 Å². The first-order valence-corrected chi connectivity index (χ1v) is 10.8. The standard InChI is InChI=1S/C23H27N9.ClH/c1-30-11-13-31(14-12-30)21-22-27-16-20(32(22)10-9-25-21)18-7-8-26-23(28-18)29-19(15-24)17-5-3-2-4-6-17;/h2-10,16,19H,11-15,24H2,1H3,(H,26,28,29);1H. The second-order valence-electron chi connectivity index (χ2n) is 7.99. The van der Waals surface area contributed by atoms with Crippen molar-refractivity contribution in [3.05, 3.63) is 66.7 Å². The Morgan fingerprint density at radius 2 is 1.79 bits per heavy atom. The molecule has 1 saturated heterocycles. The minimum Gasteiger partial charge on any atom is -0.351 e. The van der Waals surface area contributed by atoms with E-state index >= 15 is 0 Å². The number of nitrogens with zero attached hydrogens (tertiary/aromatic N) is 7. The molecule has 3 N–H and O–H groups in total. The zero-order chi connectivity index (χ0) is 21.9. The van der Waals surface area contributed by atoms with Gasteiger partial charge >= 0.3 is 0 Å². The summed E-state index contributed by atoms with van der Waals surface area (Å²) in [5.74, 6) is 1.44. The molecule has 3 aromatic heterocycles. The lowest BCUT2D eigenvalue weighted by atomic mass is 10.1. The maximum Gasteiger partial charge on any atom is 0.223 e. The number of halogens is 1. The molecule has 1 fully saturated rings. The number of aromatic nitrogens is 5. The van der Waals surface area contributed by atoms with Crippen molar-refractivity contribution in [2.45, 2.75) is 6.04 Å². The fourth-order valence-electron chi connectivity index (χ4n) is 4.03. The average molecular weight is 466 g/mol. The summed E-state index contributed by atoms with van der Waals surface area (Å²) in [6, 6.07) is 11.9. The fraction of sp³-hybridized carbons (Fsp3) is 0.304. The third-order valence-electron chi connectivity index (χ3n) is 5.87. The van der Waals surface area contributed by atoms with Crippen molar-refractivity contribution < 1.29 is 0 Å². The van der Waals surface area contributed by atoms with Crippen molar-refractivity contribution in [1.82, 2.24) is 29.2 Å². The van der Waals surface area contributed by atoms with E-state index in [0.717, 1.165) is 54.6 Å². The predicted molar refractivity (Wildman–Crippen MR) is 133 cm³/mol. The molecule has 0 saturated carbocycles. The van der Waals surface area contributed by atoms with Crippen LogP contribution in [0.25, 0.3) is 17.0 Å². The number of imidazole rings is 1. The Morgan fingerprint density at radius 1 is 1.00 bits per heavy atom. The number of rotatable bonds is 6. The second kappa shape index (κ2) is 10.1. The van der Waals surface area contributed by atoms with E-state index in [1.165, 1.54) is 0 Å². The highest BCUT2D eigenvalue weighted by molar-refractivity contribution is 5.85. The van der Waals surface area contributed by atoms with Crippen molar-refractivity contribution in [1.29, 1.82) is 0 Å². The molecular weight excluding hydrogens is 438 g/mol. The smallest absolute Gasteiger partial charge is 0.223 e. The van der Waals surface area contributed by atoms with Gasteiger partial charge in [0.15, 0.2) is 11.5 Å². The lowest BCUT2D eigenvalue weighted by Gasteiger charge is -2.33. The zero-order valence-electron chi connectivity index (χ0n) is 18.5. The average Bonchev–Trinajstić information content (AvgIpc) is 3.28. The van der Waals surface area contributed by atoms with Gasteiger partial charge in [0.05, 0.1) is 23.6 Å². The molecule has 1 atom stereocenters. The molecule has 0 amide bonds. The predicted octanol–water partition coefficient (Wildman–Crippen LogP) is 2.47.